The molecular formula is C56H37NO. The van der Waals surface area contributed by atoms with Gasteiger partial charge in [0.15, 0.2) is 5.58 Å². The van der Waals surface area contributed by atoms with Gasteiger partial charge in [0, 0.05) is 22.1 Å². The second kappa shape index (κ2) is 14.1. The summed E-state index contributed by atoms with van der Waals surface area (Å²) in [4.78, 5) is 2.33. The Bertz CT molecular complexity index is 3260. The molecule has 0 saturated heterocycles. The van der Waals surface area contributed by atoms with Crippen LogP contribution < -0.4 is 4.90 Å². The first-order valence-electron chi connectivity index (χ1n) is 19.8. The highest BCUT2D eigenvalue weighted by molar-refractivity contribution is 6.11. The molecule has 0 saturated carbocycles. The van der Waals surface area contributed by atoms with E-state index in [0.29, 0.717) is 0 Å². The van der Waals surface area contributed by atoms with E-state index in [1.807, 2.05) is 0 Å². The van der Waals surface area contributed by atoms with Crippen LogP contribution in [0.1, 0.15) is 0 Å². The Kier molecular flexibility index (Phi) is 8.19. The summed E-state index contributed by atoms with van der Waals surface area (Å²) in [7, 11) is 0. The highest BCUT2D eigenvalue weighted by Crippen LogP contribution is 2.44. The van der Waals surface area contributed by atoms with Crippen molar-refractivity contribution in [3.8, 4) is 44.5 Å². The molecule has 0 N–H and O–H groups in total. The summed E-state index contributed by atoms with van der Waals surface area (Å²) in [6.45, 7) is 0. The minimum absolute atomic E-state index is 0.854. The van der Waals surface area contributed by atoms with Crippen molar-refractivity contribution in [2.45, 2.75) is 0 Å². The minimum atomic E-state index is 0.854. The van der Waals surface area contributed by atoms with E-state index in [-0.39, 0.29) is 0 Å². The maximum absolute atomic E-state index is 6.85. The molecule has 11 rings (SSSR count). The number of fused-ring (bicyclic) bond motifs is 5. The summed E-state index contributed by atoms with van der Waals surface area (Å²) in [6, 6.07) is 80.5. The van der Waals surface area contributed by atoms with E-state index >= 15 is 0 Å². The van der Waals surface area contributed by atoms with Crippen molar-refractivity contribution in [1.82, 2.24) is 0 Å². The van der Waals surface area contributed by atoms with Gasteiger partial charge in [-0.05, 0) is 115 Å². The first-order valence-corrected chi connectivity index (χ1v) is 19.8. The third kappa shape index (κ3) is 5.91. The Morgan fingerprint density at radius 3 is 1.48 bits per heavy atom. The summed E-state index contributed by atoms with van der Waals surface area (Å²) < 4.78 is 6.85. The summed E-state index contributed by atoms with van der Waals surface area (Å²) in [5.41, 5.74) is 14.3. The first-order chi connectivity index (χ1) is 28.7. The zero-order valence-electron chi connectivity index (χ0n) is 31.7. The van der Waals surface area contributed by atoms with Crippen LogP contribution in [0.3, 0.4) is 0 Å². The molecule has 2 heteroatoms. The van der Waals surface area contributed by atoms with Gasteiger partial charge in [-0.25, -0.2) is 0 Å². The third-order valence-corrected chi connectivity index (χ3v) is 11.5. The van der Waals surface area contributed by atoms with Crippen LogP contribution in [-0.4, -0.2) is 0 Å². The smallest absolute Gasteiger partial charge is 0.159 e. The lowest BCUT2D eigenvalue weighted by atomic mass is 9.95. The topological polar surface area (TPSA) is 16.4 Å². The number of anilines is 3. The fraction of sp³-hybridized carbons (Fsp3) is 0. The quantitative estimate of drug-likeness (QED) is 0.162. The number of benzene rings is 10. The van der Waals surface area contributed by atoms with Crippen molar-refractivity contribution < 1.29 is 4.42 Å². The molecule has 0 unspecified atom stereocenters. The van der Waals surface area contributed by atoms with Gasteiger partial charge in [-0.1, -0.05) is 176 Å². The second-order valence-electron chi connectivity index (χ2n) is 14.9. The van der Waals surface area contributed by atoms with Gasteiger partial charge in [-0.2, -0.15) is 0 Å². The lowest BCUT2D eigenvalue weighted by molar-refractivity contribution is 0.669. The summed E-state index contributed by atoms with van der Waals surface area (Å²) >= 11 is 0. The Morgan fingerprint density at radius 1 is 0.293 bits per heavy atom. The molecule has 0 amide bonds. The summed E-state index contributed by atoms with van der Waals surface area (Å²) in [5.74, 6) is 0. The Labute approximate surface area is 337 Å². The number of hydrogen-bond acceptors (Lipinski definition) is 2. The van der Waals surface area contributed by atoms with Gasteiger partial charge in [-0.15, -0.1) is 0 Å². The molecule has 0 radical (unpaired) electrons. The maximum atomic E-state index is 6.85. The molecule has 0 bridgehead atoms. The van der Waals surface area contributed by atoms with E-state index in [1.54, 1.807) is 0 Å². The van der Waals surface area contributed by atoms with Crippen molar-refractivity contribution in [1.29, 1.82) is 0 Å². The van der Waals surface area contributed by atoms with Gasteiger partial charge >= 0.3 is 0 Å². The normalized spacial score (nSPS) is 11.4. The standard InChI is InChI=1S/C56H37NO/c1-2-12-38(13-3-1)44-30-35-52-53-24-11-25-54(56(53)58-55(52)37-44)57(47-33-28-42(29-34-47)50-22-9-16-40-14-4-6-20-48(40)50)46-31-26-39(27-32-46)43-18-8-19-45(36-43)51-23-10-17-41-15-5-7-21-49(41)51/h1-37H. The van der Waals surface area contributed by atoms with Gasteiger partial charge in [0.2, 0.25) is 0 Å². The number of rotatable bonds is 7. The molecule has 10 aromatic carbocycles. The van der Waals surface area contributed by atoms with Crippen molar-refractivity contribution in [2.75, 3.05) is 4.90 Å². The predicted octanol–water partition coefficient (Wildman–Crippen LogP) is 16.0. The average molecular weight is 740 g/mol. The second-order valence-corrected chi connectivity index (χ2v) is 14.9. The van der Waals surface area contributed by atoms with E-state index in [4.69, 9.17) is 4.42 Å². The minimum Gasteiger partial charge on any atom is -0.454 e. The Hall–Kier alpha value is -7.68. The third-order valence-electron chi connectivity index (χ3n) is 11.5. The van der Waals surface area contributed by atoms with Gasteiger partial charge < -0.3 is 9.32 Å². The zero-order chi connectivity index (χ0) is 38.4. The van der Waals surface area contributed by atoms with Crippen molar-refractivity contribution >= 4 is 60.5 Å². The molecule has 0 atom stereocenters. The molecule has 0 fully saturated rings. The molecule has 272 valence electrons. The van der Waals surface area contributed by atoms with E-state index in [1.165, 1.54) is 54.9 Å². The van der Waals surface area contributed by atoms with Crippen molar-refractivity contribution in [3.63, 3.8) is 0 Å². The molecule has 58 heavy (non-hydrogen) atoms. The fourth-order valence-electron chi connectivity index (χ4n) is 8.61. The summed E-state index contributed by atoms with van der Waals surface area (Å²) in [6.07, 6.45) is 0. The molecular weight excluding hydrogens is 703 g/mol. The van der Waals surface area contributed by atoms with Crippen LogP contribution in [0.5, 0.6) is 0 Å². The Balaban J connectivity index is 1.03. The van der Waals surface area contributed by atoms with Gasteiger partial charge in [0.1, 0.15) is 5.58 Å². The largest absolute Gasteiger partial charge is 0.454 e. The first kappa shape index (κ1) is 33.6. The SMILES string of the molecule is c1ccc(-c2ccc3c(c2)oc2c(N(c4ccc(-c5cccc(-c6cccc7ccccc67)c5)cc4)c4ccc(-c5cccc6ccccc56)cc4)cccc23)cc1. The van der Waals surface area contributed by atoms with E-state index in [0.717, 1.165) is 50.1 Å². The van der Waals surface area contributed by atoms with Crippen molar-refractivity contribution in [3.05, 3.63) is 224 Å². The monoisotopic (exact) mass is 739 g/mol. The Morgan fingerprint density at radius 2 is 0.776 bits per heavy atom. The van der Waals surface area contributed by atoms with Crippen LogP contribution in [-0.2, 0) is 0 Å². The van der Waals surface area contributed by atoms with Crippen LogP contribution in [0.25, 0.3) is 88.0 Å². The van der Waals surface area contributed by atoms with E-state index in [9.17, 15) is 0 Å². The van der Waals surface area contributed by atoms with Crippen LogP contribution in [0.4, 0.5) is 17.1 Å². The maximum Gasteiger partial charge on any atom is 0.159 e. The fourth-order valence-corrected chi connectivity index (χ4v) is 8.61. The lowest BCUT2D eigenvalue weighted by Gasteiger charge is -2.26. The van der Waals surface area contributed by atoms with Crippen LogP contribution in [0.15, 0.2) is 229 Å². The highest BCUT2D eigenvalue weighted by Gasteiger charge is 2.20. The number of hydrogen-bond donors (Lipinski definition) is 0. The van der Waals surface area contributed by atoms with Gasteiger partial charge in [-0.3, -0.25) is 0 Å². The van der Waals surface area contributed by atoms with Crippen molar-refractivity contribution in [2.24, 2.45) is 0 Å². The average Bonchev–Trinajstić information content (AvgIpc) is 3.68. The van der Waals surface area contributed by atoms with Crippen LogP contribution in [0, 0.1) is 0 Å². The predicted molar refractivity (Wildman–Crippen MR) is 245 cm³/mol. The number of nitrogens with zero attached hydrogens (tertiary/aromatic N) is 1. The van der Waals surface area contributed by atoms with Crippen LogP contribution >= 0.6 is 0 Å². The molecule has 1 heterocycles. The molecule has 2 nitrogen and oxygen atoms in total. The molecule has 0 aliphatic rings. The lowest BCUT2D eigenvalue weighted by Crippen LogP contribution is -2.10. The van der Waals surface area contributed by atoms with Gasteiger partial charge in [0.05, 0.1) is 5.69 Å². The number of furan rings is 1. The van der Waals surface area contributed by atoms with E-state index in [2.05, 4.69) is 229 Å². The molecule has 0 aliphatic heterocycles. The molecule has 1 aromatic heterocycles. The number of para-hydroxylation sites is 1. The van der Waals surface area contributed by atoms with Gasteiger partial charge in [0.25, 0.3) is 0 Å². The molecule has 0 spiro atoms. The molecule has 11 aromatic rings. The van der Waals surface area contributed by atoms with Crippen LogP contribution in [0.2, 0.25) is 0 Å². The molecule has 0 aliphatic carbocycles. The summed E-state index contributed by atoms with van der Waals surface area (Å²) in [5, 5.41) is 7.18. The highest BCUT2D eigenvalue weighted by atomic mass is 16.3. The van der Waals surface area contributed by atoms with E-state index < -0.39 is 0 Å². The zero-order valence-corrected chi connectivity index (χ0v) is 31.7.